The van der Waals surface area contributed by atoms with Crippen LogP contribution in [-0.2, 0) is 16.5 Å². The standard InChI is InChI=1S/C20H22ClFN8O4/c1-10(12-6-11(22)7-25-16(12)21)33-18(31)27-17-15(28-29-30(17)5)13-8-24-14(9-23-13)26-19(32)34-20(2,3)4/h6-10H,1-5H3,(H,27,31)(H,24,26,32)/t10-/m1/s1. The predicted octanol–water partition coefficient (Wildman–Crippen LogP) is 4.12. The molecule has 0 fully saturated rings. The van der Waals surface area contributed by atoms with E-state index in [9.17, 15) is 14.0 Å². The first-order valence-electron chi connectivity index (χ1n) is 9.93. The van der Waals surface area contributed by atoms with Gasteiger partial charge in [-0.15, -0.1) is 5.10 Å². The van der Waals surface area contributed by atoms with E-state index in [1.807, 2.05) is 0 Å². The summed E-state index contributed by atoms with van der Waals surface area (Å²) in [5.41, 5.74) is 0.0110. The number of hydrogen-bond acceptors (Lipinski definition) is 9. The number of rotatable bonds is 5. The summed E-state index contributed by atoms with van der Waals surface area (Å²) in [4.78, 5) is 36.3. The SMILES string of the molecule is C[C@@H](OC(=O)Nc1c(-c2cnc(NC(=O)OC(C)(C)C)cn2)nnn1C)c1cc(F)cnc1Cl. The Morgan fingerprint density at radius 3 is 2.50 bits per heavy atom. The lowest BCUT2D eigenvalue weighted by molar-refractivity contribution is 0.0635. The number of carbonyl (C=O) groups is 2. The fourth-order valence-corrected chi connectivity index (χ4v) is 2.92. The van der Waals surface area contributed by atoms with E-state index in [1.165, 1.54) is 24.0 Å². The fraction of sp³-hybridized carbons (Fsp3) is 0.350. The lowest BCUT2D eigenvalue weighted by atomic mass is 10.2. The average Bonchev–Trinajstić information content (AvgIpc) is 3.09. The minimum Gasteiger partial charge on any atom is -0.444 e. The molecule has 180 valence electrons. The summed E-state index contributed by atoms with van der Waals surface area (Å²) < 4.78 is 25.2. The molecule has 2 amide bonds. The van der Waals surface area contributed by atoms with Crippen LogP contribution in [0.4, 0.5) is 25.6 Å². The Labute approximate surface area is 198 Å². The van der Waals surface area contributed by atoms with Crippen molar-refractivity contribution >= 4 is 35.4 Å². The molecule has 3 heterocycles. The van der Waals surface area contributed by atoms with Crippen molar-refractivity contribution in [2.24, 2.45) is 7.05 Å². The van der Waals surface area contributed by atoms with Gasteiger partial charge < -0.3 is 9.47 Å². The maximum Gasteiger partial charge on any atom is 0.413 e. The van der Waals surface area contributed by atoms with E-state index >= 15 is 0 Å². The van der Waals surface area contributed by atoms with Crippen molar-refractivity contribution in [2.45, 2.75) is 39.4 Å². The van der Waals surface area contributed by atoms with E-state index in [4.69, 9.17) is 21.1 Å². The van der Waals surface area contributed by atoms with Gasteiger partial charge in [-0.2, -0.15) is 0 Å². The highest BCUT2D eigenvalue weighted by atomic mass is 35.5. The summed E-state index contributed by atoms with van der Waals surface area (Å²) in [6.45, 7) is 6.73. The summed E-state index contributed by atoms with van der Waals surface area (Å²) in [6.07, 6.45) is 1.17. The topological polar surface area (TPSA) is 146 Å². The molecule has 0 unspecified atom stereocenters. The molecule has 0 aliphatic rings. The van der Waals surface area contributed by atoms with Gasteiger partial charge in [0, 0.05) is 12.6 Å². The second kappa shape index (κ2) is 9.95. The summed E-state index contributed by atoms with van der Waals surface area (Å²) in [7, 11) is 1.55. The lowest BCUT2D eigenvalue weighted by Crippen LogP contribution is -2.27. The predicted molar refractivity (Wildman–Crippen MR) is 120 cm³/mol. The fourth-order valence-electron chi connectivity index (χ4n) is 2.67. The van der Waals surface area contributed by atoms with Gasteiger partial charge in [0.05, 0.1) is 18.6 Å². The van der Waals surface area contributed by atoms with Crippen LogP contribution in [-0.4, -0.2) is 47.7 Å². The molecule has 0 spiro atoms. The summed E-state index contributed by atoms with van der Waals surface area (Å²) in [6, 6.07) is 1.13. The van der Waals surface area contributed by atoms with Crippen LogP contribution in [0.3, 0.4) is 0 Å². The van der Waals surface area contributed by atoms with E-state index in [1.54, 1.807) is 27.8 Å². The molecular weight excluding hydrogens is 471 g/mol. The van der Waals surface area contributed by atoms with E-state index in [2.05, 4.69) is 35.9 Å². The zero-order valence-corrected chi connectivity index (χ0v) is 19.7. The number of hydrogen-bond donors (Lipinski definition) is 2. The average molecular weight is 493 g/mol. The third-order valence-corrected chi connectivity index (χ3v) is 4.44. The van der Waals surface area contributed by atoms with E-state index < -0.39 is 29.7 Å². The molecule has 12 nitrogen and oxygen atoms in total. The first kappa shape index (κ1) is 24.8. The van der Waals surface area contributed by atoms with Crippen molar-refractivity contribution in [2.75, 3.05) is 10.6 Å². The number of nitrogens with one attached hydrogen (secondary N) is 2. The molecule has 0 aliphatic heterocycles. The van der Waals surface area contributed by atoms with Crippen LogP contribution in [0.5, 0.6) is 0 Å². The molecule has 0 radical (unpaired) electrons. The second-order valence-corrected chi connectivity index (χ2v) is 8.39. The molecule has 3 aromatic heterocycles. The Morgan fingerprint density at radius 2 is 1.85 bits per heavy atom. The van der Waals surface area contributed by atoms with Gasteiger partial charge in [0.1, 0.15) is 28.4 Å². The number of anilines is 2. The first-order chi connectivity index (χ1) is 15.9. The maximum atomic E-state index is 13.5. The van der Waals surface area contributed by atoms with Gasteiger partial charge in [-0.25, -0.2) is 33.6 Å². The van der Waals surface area contributed by atoms with Crippen molar-refractivity contribution in [3.05, 3.63) is 41.2 Å². The molecule has 0 aliphatic carbocycles. The number of halogens is 2. The van der Waals surface area contributed by atoms with E-state index in [-0.39, 0.29) is 33.7 Å². The van der Waals surface area contributed by atoms with Gasteiger partial charge in [-0.3, -0.25) is 10.6 Å². The van der Waals surface area contributed by atoms with Crippen LogP contribution < -0.4 is 10.6 Å². The van der Waals surface area contributed by atoms with E-state index in [0.29, 0.717) is 0 Å². The molecule has 3 aromatic rings. The minimum atomic E-state index is -0.890. The smallest absolute Gasteiger partial charge is 0.413 e. The van der Waals surface area contributed by atoms with Gasteiger partial charge in [-0.05, 0) is 33.8 Å². The number of amides is 2. The van der Waals surface area contributed by atoms with Crippen molar-refractivity contribution in [1.82, 2.24) is 29.9 Å². The summed E-state index contributed by atoms with van der Waals surface area (Å²) in [5, 5.41) is 12.9. The Bertz CT molecular complexity index is 1200. The van der Waals surface area contributed by atoms with Crippen LogP contribution in [0.15, 0.2) is 24.7 Å². The van der Waals surface area contributed by atoms with Gasteiger partial charge in [0.15, 0.2) is 17.3 Å². The molecule has 0 saturated carbocycles. The number of nitrogens with zero attached hydrogens (tertiary/aromatic N) is 6. The molecular formula is C20H22ClFN8O4. The Morgan fingerprint density at radius 1 is 1.12 bits per heavy atom. The second-order valence-electron chi connectivity index (χ2n) is 8.03. The molecule has 34 heavy (non-hydrogen) atoms. The van der Waals surface area contributed by atoms with Gasteiger partial charge in [-0.1, -0.05) is 16.8 Å². The van der Waals surface area contributed by atoms with Crippen molar-refractivity contribution in [3.8, 4) is 11.4 Å². The molecule has 1 atom stereocenters. The Kier molecular flexibility index (Phi) is 7.25. The van der Waals surface area contributed by atoms with Crippen LogP contribution in [0.2, 0.25) is 5.15 Å². The third kappa shape index (κ3) is 6.34. The van der Waals surface area contributed by atoms with Crippen LogP contribution in [0, 0.1) is 5.82 Å². The van der Waals surface area contributed by atoms with Gasteiger partial charge >= 0.3 is 12.2 Å². The zero-order valence-electron chi connectivity index (χ0n) is 19.0. The van der Waals surface area contributed by atoms with Crippen molar-refractivity contribution < 1.29 is 23.5 Å². The highest BCUT2D eigenvalue weighted by Crippen LogP contribution is 2.27. The minimum absolute atomic E-state index is 0.0138. The molecule has 14 heteroatoms. The molecule has 0 aromatic carbocycles. The molecule has 0 bridgehead atoms. The van der Waals surface area contributed by atoms with Crippen LogP contribution in [0.1, 0.15) is 39.4 Å². The van der Waals surface area contributed by atoms with Crippen LogP contribution >= 0.6 is 11.6 Å². The van der Waals surface area contributed by atoms with Gasteiger partial charge in [0.25, 0.3) is 0 Å². The van der Waals surface area contributed by atoms with Crippen molar-refractivity contribution in [3.63, 3.8) is 0 Å². The molecule has 3 rings (SSSR count). The lowest BCUT2D eigenvalue weighted by Gasteiger charge is -2.19. The third-order valence-electron chi connectivity index (χ3n) is 4.13. The Hall–Kier alpha value is -3.87. The van der Waals surface area contributed by atoms with E-state index in [0.717, 1.165) is 12.3 Å². The quantitative estimate of drug-likeness (QED) is 0.502. The zero-order chi connectivity index (χ0) is 25.0. The molecule has 2 N–H and O–H groups in total. The number of aromatic nitrogens is 6. The highest BCUT2D eigenvalue weighted by molar-refractivity contribution is 6.30. The number of carbonyl (C=O) groups excluding carboxylic acids is 2. The first-order valence-corrected chi connectivity index (χ1v) is 10.3. The Balaban J connectivity index is 1.70. The monoisotopic (exact) mass is 492 g/mol. The van der Waals surface area contributed by atoms with Crippen molar-refractivity contribution in [1.29, 1.82) is 0 Å². The number of pyridine rings is 1. The van der Waals surface area contributed by atoms with Gasteiger partial charge in [0.2, 0.25) is 0 Å². The highest BCUT2D eigenvalue weighted by Gasteiger charge is 2.22. The normalized spacial score (nSPS) is 12.1. The number of ether oxygens (including phenoxy) is 2. The summed E-state index contributed by atoms with van der Waals surface area (Å²) >= 11 is 5.96. The maximum absolute atomic E-state index is 13.5. The summed E-state index contributed by atoms with van der Waals surface area (Å²) in [5.74, 6) is -0.287. The molecule has 0 saturated heterocycles. The number of aryl methyl sites for hydroxylation is 1. The van der Waals surface area contributed by atoms with Crippen LogP contribution in [0.25, 0.3) is 11.4 Å². The largest absolute Gasteiger partial charge is 0.444 e.